The lowest BCUT2D eigenvalue weighted by molar-refractivity contribution is 0.878. The van der Waals surface area contributed by atoms with Gasteiger partial charge in [-0.05, 0) is 35.9 Å². The van der Waals surface area contributed by atoms with Crippen molar-refractivity contribution in [3.8, 4) is 5.69 Å². The normalized spacial score (nSPS) is 11.0. The van der Waals surface area contributed by atoms with Crippen LogP contribution in [0.1, 0.15) is 11.4 Å². The van der Waals surface area contributed by atoms with Crippen LogP contribution in [-0.4, -0.2) is 19.7 Å². The van der Waals surface area contributed by atoms with Crippen molar-refractivity contribution in [2.75, 3.05) is 0 Å². The van der Waals surface area contributed by atoms with Gasteiger partial charge in [-0.1, -0.05) is 24.3 Å². The lowest BCUT2D eigenvalue weighted by Gasteiger charge is -2.05. The fraction of sp³-hybridized carbons (Fsp3) is 0.0556. The molecule has 0 aliphatic heterocycles. The molecule has 2 aromatic heterocycles. The average molecular weight is 302 g/mol. The molecule has 0 bridgehead atoms. The largest absolute Gasteiger partial charge is 0.310 e. The predicted octanol–water partition coefficient (Wildman–Crippen LogP) is 2.70. The minimum atomic E-state index is -0.0984. The van der Waals surface area contributed by atoms with Crippen LogP contribution in [0.15, 0.2) is 71.8 Å². The highest BCUT2D eigenvalue weighted by atomic mass is 16.1. The Balaban J connectivity index is 1.64. The monoisotopic (exact) mass is 302 g/mol. The van der Waals surface area contributed by atoms with Crippen LogP contribution in [0.5, 0.6) is 0 Å². The lowest BCUT2D eigenvalue weighted by atomic mass is 10.1. The summed E-state index contributed by atoms with van der Waals surface area (Å²) in [5, 5.41) is 4.82. The molecule has 0 unspecified atom stereocenters. The number of nitrogens with zero attached hydrogens (tertiary/aromatic N) is 3. The summed E-state index contributed by atoms with van der Waals surface area (Å²) in [5.74, 6) is 0.667. The number of aromatic nitrogens is 4. The molecule has 0 saturated carbocycles. The van der Waals surface area contributed by atoms with Crippen molar-refractivity contribution in [1.82, 2.24) is 19.7 Å². The minimum absolute atomic E-state index is 0.0984. The molecule has 4 rings (SSSR count). The Labute approximate surface area is 132 Å². The van der Waals surface area contributed by atoms with Crippen molar-refractivity contribution in [2.24, 2.45) is 0 Å². The van der Waals surface area contributed by atoms with Gasteiger partial charge in [0.05, 0.1) is 16.6 Å². The molecule has 0 aliphatic carbocycles. The lowest BCUT2D eigenvalue weighted by Crippen LogP contribution is -2.12. The maximum Gasteiger partial charge on any atom is 0.258 e. The SMILES string of the molecule is O=c1[nH]c(Cc2ccc(-n3cccn3)cc2)nc2ccccc12. The quantitative estimate of drug-likeness (QED) is 0.633. The van der Waals surface area contributed by atoms with Crippen molar-refractivity contribution in [2.45, 2.75) is 6.42 Å². The first kappa shape index (κ1) is 13.5. The zero-order chi connectivity index (χ0) is 15.6. The Morgan fingerprint density at radius 1 is 1.00 bits per heavy atom. The molecule has 23 heavy (non-hydrogen) atoms. The maximum absolute atomic E-state index is 12.1. The standard InChI is InChI=1S/C18H14N4O/c23-18-15-4-1-2-5-16(15)20-17(21-18)12-13-6-8-14(9-7-13)22-11-3-10-19-22/h1-11H,12H2,(H,20,21,23). The highest BCUT2D eigenvalue weighted by molar-refractivity contribution is 5.77. The van der Waals surface area contributed by atoms with E-state index >= 15 is 0 Å². The van der Waals surface area contributed by atoms with E-state index in [0.29, 0.717) is 17.6 Å². The van der Waals surface area contributed by atoms with Crippen LogP contribution < -0.4 is 5.56 Å². The van der Waals surface area contributed by atoms with Crippen molar-refractivity contribution >= 4 is 10.9 Å². The summed E-state index contributed by atoms with van der Waals surface area (Å²) in [5.41, 5.74) is 2.70. The van der Waals surface area contributed by atoms with Gasteiger partial charge in [0.15, 0.2) is 0 Å². The van der Waals surface area contributed by atoms with E-state index in [9.17, 15) is 4.79 Å². The number of rotatable bonds is 3. The number of nitrogens with one attached hydrogen (secondary N) is 1. The van der Waals surface area contributed by atoms with Crippen LogP contribution in [0.4, 0.5) is 0 Å². The molecular weight excluding hydrogens is 288 g/mol. The molecule has 1 N–H and O–H groups in total. The molecular formula is C18H14N4O. The number of benzene rings is 2. The number of hydrogen-bond acceptors (Lipinski definition) is 3. The van der Waals surface area contributed by atoms with Crippen LogP contribution in [0.2, 0.25) is 0 Å². The van der Waals surface area contributed by atoms with Crippen LogP contribution in [-0.2, 0) is 6.42 Å². The summed E-state index contributed by atoms with van der Waals surface area (Å²) < 4.78 is 1.81. The van der Waals surface area contributed by atoms with Gasteiger partial charge in [-0.15, -0.1) is 0 Å². The molecule has 0 saturated heterocycles. The molecule has 0 spiro atoms. The van der Waals surface area contributed by atoms with E-state index in [1.54, 1.807) is 16.9 Å². The highest BCUT2D eigenvalue weighted by Gasteiger charge is 2.05. The first-order valence-electron chi connectivity index (χ1n) is 7.36. The summed E-state index contributed by atoms with van der Waals surface area (Å²) in [7, 11) is 0. The Hall–Kier alpha value is -3.21. The van der Waals surface area contributed by atoms with Gasteiger partial charge in [0, 0.05) is 18.8 Å². The second-order valence-electron chi connectivity index (χ2n) is 5.32. The molecule has 0 fully saturated rings. The molecule has 5 heteroatoms. The van der Waals surface area contributed by atoms with Crippen molar-refractivity contribution in [1.29, 1.82) is 0 Å². The summed E-state index contributed by atoms with van der Waals surface area (Å²) >= 11 is 0. The van der Waals surface area contributed by atoms with Gasteiger partial charge in [0.25, 0.3) is 5.56 Å². The Morgan fingerprint density at radius 2 is 1.83 bits per heavy atom. The third kappa shape index (κ3) is 2.64. The van der Waals surface area contributed by atoms with E-state index in [1.807, 2.05) is 54.7 Å². The van der Waals surface area contributed by atoms with Gasteiger partial charge in [0.1, 0.15) is 5.82 Å². The third-order valence-electron chi connectivity index (χ3n) is 3.74. The van der Waals surface area contributed by atoms with Crippen molar-refractivity contribution < 1.29 is 0 Å². The van der Waals surface area contributed by atoms with E-state index in [1.165, 1.54) is 0 Å². The van der Waals surface area contributed by atoms with E-state index in [-0.39, 0.29) is 5.56 Å². The van der Waals surface area contributed by atoms with Crippen LogP contribution in [0, 0.1) is 0 Å². The van der Waals surface area contributed by atoms with Crippen molar-refractivity contribution in [3.63, 3.8) is 0 Å². The second-order valence-corrected chi connectivity index (χ2v) is 5.32. The number of para-hydroxylation sites is 1. The topological polar surface area (TPSA) is 63.6 Å². The minimum Gasteiger partial charge on any atom is -0.310 e. The molecule has 0 radical (unpaired) electrons. The second kappa shape index (κ2) is 5.53. The Kier molecular flexibility index (Phi) is 3.24. The Morgan fingerprint density at radius 3 is 2.61 bits per heavy atom. The Bertz CT molecular complexity index is 1000. The average Bonchev–Trinajstić information content (AvgIpc) is 3.10. The fourth-order valence-electron chi connectivity index (χ4n) is 2.60. The maximum atomic E-state index is 12.1. The number of hydrogen-bond donors (Lipinski definition) is 1. The van der Waals surface area contributed by atoms with Gasteiger partial charge in [-0.25, -0.2) is 9.67 Å². The number of fused-ring (bicyclic) bond motifs is 1. The zero-order valence-corrected chi connectivity index (χ0v) is 12.3. The van der Waals surface area contributed by atoms with E-state index < -0.39 is 0 Å². The molecule has 0 aliphatic rings. The van der Waals surface area contributed by atoms with E-state index in [0.717, 1.165) is 16.8 Å². The summed E-state index contributed by atoms with van der Waals surface area (Å²) in [6.45, 7) is 0. The molecule has 2 heterocycles. The first-order chi connectivity index (χ1) is 11.3. The zero-order valence-electron chi connectivity index (χ0n) is 12.3. The highest BCUT2D eigenvalue weighted by Crippen LogP contribution is 2.12. The number of aromatic amines is 1. The first-order valence-corrected chi connectivity index (χ1v) is 7.36. The van der Waals surface area contributed by atoms with Gasteiger partial charge in [-0.3, -0.25) is 4.79 Å². The number of H-pyrrole nitrogens is 1. The molecule has 2 aromatic carbocycles. The molecule has 5 nitrogen and oxygen atoms in total. The van der Waals surface area contributed by atoms with Crippen LogP contribution in [0.25, 0.3) is 16.6 Å². The summed E-state index contributed by atoms with van der Waals surface area (Å²) in [6.07, 6.45) is 4.23. The molecule has 0 amide bonds. The predicted molar refractivity (Wildman–Crippen MR) is 88.7 cm³/mol. The van der Waals surface area contributed by atoms with Crippen molar-refractivity contribution in [3.05, 3.63) is 88.7 Å². The fourth-order valence-corrected chi connectivity index (χ4v) is 2.60. The van der Waals surface area contributed by atoms with E-state index in [4.69, 9.17) is 0 Å². The van der Waals surface area contributed by atoms with E-state index in [2.05, 4.69) is 15.1 Å². The molecule has 4 aromatic rings. The van der Waals surface area contributed by atoms with Gasteiger partial charge >= 0.3 is 0 Å². The summed E-state index contributed by atoms with van der Waals surface area (Å²) in [6, 6.07) is 17.3. The smallest absolute Gasteiger partial charge is 0.258 e. The van der Waals surface area contributed by atoms with Crippen LogP contribution in [0.3, 0.4) is 0 Å². The van der Waals surface area contributed by atoms with Crippen LogP contribution >= 0.6 is 0 Å². The summed E-state index contributed by atoms with van der Waals surface area (Å²) in [4.78, 5) is 19.5. The molecule has 0 atom stereocenters. The van der Waals surface area contributed by atoms with Gasteiger partial charge < -0.3 is 4.98 Å². The van der Waals surface area contributed by atoms with Gasteiger partial charge in [-0.2, -0.15) is 5.10 Å². The molecule has 112 valence electrons. The third-order valence-corrected chi connectivity index (χ3v) is 3.74. The van der Waals surface area contributed by atoms with Gasteiger partial charge in [0.2, 0.25) is 0 Å².